The van der Waals surface area contributed by atoms with E-state index in [9.17, 15) is 4.79 Å². The highest BCUT2D eigenvalue weighted by molar-refractivity contribution is 6.08. The van der Waals surface area contributed by atoms with E-state index in [2.05, 4.69) is 47.0 Å². The molecule has 0 saturated carbocycles. The highest BCUT2D eigenvalue weighted by Gasteiger charge is 2.46. The summed E-state index contributed by atoms with van der Waals surface area (Å²) in [5.41, 5.74) is 3.00. The standard InChI is InChI=1S/C21H25N3O.ClH/c25-20-21(12-14-22-15-13-21)23-18-10-4-5-11-19(18)24(20)16-6-9-17-7-2-1-3-8-17;/h1-5,7-8,10-11,22-23H,6,9,12-16H2;1H. The second-order valence-electron chi connectivity index (χ2n) is 7.02. The predicted octanol–water partition coefficient (Wildman–Crippen LogP) is 3.62. The van der Waals surface area contributed by atoms with Crippen molar-refractivity contribution in [2.24, 2.45) is 0 Å². The fourth-order valence-corrected chi connectivity index (χ4v) is 3.99. The molecule has 2 aromatic rings. The minimum Gasteiger partial charge on any atom is -0.369 e. The van der Waals surface area contributed by atoms with E-state index < -0.39 is 5.54 Å². The third-order valence-electron chi connectivity index (χ3n) is 5.37. The lowest BCUT2D eigenvalue weighted by molar-refractivity contribution is -0.124. The van der Waals surface area contributed by atoms with Crippen LogP contribution in [-0.4, -0.2) is 31.1 Å². The molecule has 1 fully saturated rings. The van der Waals surface area contributed by atoms with Crippen molar-refractivity contribution in [2.45, 2.75) is 31.2 Å². The zero-order valence-corrected chi connectivity index (χ0v) is 15.7. The number of carbonyl (C=O) groups is 1. The normalized spacial score (nSPS) is 18.0. The Balaban J connectivity index is 0.00000196. The minimum atomic E-state index is -0.438. The van der Waals surface area contributed by atoms with Crippen molar-refractivity contribution in [3.05, 3.63) is 60.2 Å². The summed E-state index contributed by atoms with van der Waals surface area (Å²) in [6, 6.07) is 18.7. The number of benzene rings is 2. The van der Waals surface area contributed by atoms with Crippen molar-refractivity contribution < 1.29 is 4.79 Å². The molecule has 4 nitrogen and oxygen atoms in total. The number of halogens is 1. The first kappa shape index (κ1) is 18.7. The van der Waals surface area contributed by atoms with Crippen molar-refractivity contribution in [2.75, 3.05) is 29.9 Å². The van der Waals surface area contributed by atoms with Gasteiger partial charge in [-0.1, -0.05) is 42.5 Å². The van der Waals surface area contributed by atoms with Gasteiger partial charge in [-0.3, -0.25) is 4.79 Å². The van der Waals surface area contributed by atoms with Gasteiger partial charge >= 0.3 is 0 Å². The number of anilines is 2. The summed E-state index contributed by atoms with van der Waals surface area (Å²) in [5.74, 6) is 0.237. The molecule has 2 aromatic carbocycles. The van der Waals surface area contributed by atoms with Crippen molar-refractivity contribution in [3.63, 3.8) is 0 Å². The van der Waals surface area contributed by atoms with Crippen LogP contribution in [-0.2, 0) is 11.2 Å². The maximum absolute atomic E-state index is 13.3. The van der Waals surface area contributed by atoms with Crippen LogP contribution >= 0.6 is 12.4 Å². The molecule has 138 valence electrons. The lowest BCUT2D eigenvalue weighted by Gasteiger charge is -2.46. The van der Waals surface area contributed by atoms with Crippen molar-refractivity contribution in [1.29, 1.82) is 0 Å². The van der Waals surface area contributed by atoms with E-state index in [0.29, 0.717) is 0 Å². The molecule has 4 rings (SSSR count). The summed E-state index contributed by atoms with van der Waals surface area (Å²) in [7, 11) is 0. The Kier molecular flexibility index (Phi) is 5.84. The number of carbonyl (C=O) groups excluding carboxylic acids is 1. The first-order chi connectivity index (χ1) is 12.3. The SMILES string of the molecule is Cl.O=C1N(CCCc2ccccc2)c2ccccc2NC12CCNCC2. The van der Waals surface area contributed by atoms with Crippen molar-refractivity contribution in [1.82, 2.24) is 5.32 Å². The van der Waals surface area contributed by atoms with Gasteiger partial charge in [0.25, 0.3) is 5.91 Å². The smallest absolute Gasteiger partial charge is 0.252 e. The zero-order chi connectivity index (χ0) is 17.1. The molecule has 2 heterocycles. The molecule has 0 radical (unpaired) electrons. The van der Waals surface area contributed by atoms with Gasteiger partial charge in [-0.15, -0.1) is 12.4 Å². The fourth-order valence-electron chi connectivity index (χ4n) is 3.99. The molecule has 2 aliphatic heterocycles. The van der Waals surface area contributed by atoms with Crippen LogP contribution in [0.25, 0.3) is 0 Å². The number of hydrogen-bond donors (Lipinski definition) is 2. The van der Waals surface area contributed by atoms with Crippen LogP contribution in [0.15, 0.2) is 54.6 Å². The third kappa shape index (κ3) is 3.57. The molecule has 0 aromatic heterocycles. The molecular weight excluding hydrogens is 346 g/mol. The number of fused-ring (bicyclic) bond motifs is 1. The Hall–Kier alpha value is -2.04. The van der Waals surface area contributed by atoms with E-state index in [0.717, 1.165) is 56.7 Å². The zero-order valence-electron chi connectivity index (χ0n) is 14.9. The quantitative estimate of drug-likeness (QED) is 0.862. The number of aryl methyl sites for hydroxylation is 1. The third-order valence-corrected chi connectivity index (χ3v) is 5.37. The van der Waals surface area contributed by atoms with Crippen molar-refractivity contribution >= 4 is 29.7 Å². The fraction of sp³-hybridized carbons (Fsp3) is 0.381. The van der Waals surface area contributed by atoms with Gasteiger partial charge in [-0.05, 0) is 56.5 Å². The lowest BCUT2D eigenvalue weighted by atomic mass is 9.84. The van der Waals surface area contributed by atoms with Gasteiger partial charge in [-0.2, -0.15) is 0 Å². The molecular formula is C21H26ClN3O. The first-order valence-electron chi connectivity index (χ1n) is 9.22. The van der Waals surface area contributed by atoms with Gasteiger partial charge < -0.3 is 15.5 Å². The molecule has 2 N–H and O–H groups in total. The molecule has 1 spiro atoms. The van der Waals surface area contributed by atoms with Crippen LogP contribution < -0.4 is 15.5 Å². The molecule has 0 bridgehead atoms. The average Bonchev–Trinajstić information content (AvgIpc) is 2.66. The van der Waals surface area contributed by atoms with E-state index in [1.54, 1.807) is 0 Å². The lowest BCUT2D eigenvalue weighted by Crippen LogP contribution is -2.61. The highest BCUT2D eigenvalue weighted by atomic mass is 35.5. The van der Waals surface area contributed by atoms with Crippen LogP contribution in [0.4, 0.5) is 11.4 Å². The molecule has 2 aliphatic rings. The van der Waals surface area contributed by atoms with E-state index in [1.807, 2.05) is 23.1 Å². The Bertz CT molecular complexity index is 744. The minimum absolute atomic E-state index is 0. The Morgan fingerprint density at radius 2 is 1.65 bits per heavy atom. The summed E-state index contributed by atoms with van der Waals surface area (Å²) in [6.45, 7) is 2.54. The average molecular weight is 372 g/mol. The number of amides is 1. The maximum atomic E-state index is 13.3. The van der Waals surface area contributed by atoms with Crippen molar-refractivity contribution in [3.8, 4) is 0 Å². The Labute approximate surface area is 161 Å². The number of nitrogens with zero attached hydrogens (tertiary/aromatic N) is 1. The molecule has 5 heteroatoms. The van der Waals surface area contributed by atoms with Gasteiger partial charge in [0.05, 0.1) is 11.4 Å². The van der Waals surface area contributed by atoms with Crippen LogP contribution in [0, 0.1) is 0 Å². The van der Waals surface area contributed by atoms with E-state index >= 15 is 0 Å². The Morgan fingerprint density at radius 1 is 0.962 bits per heavy atom. The Morgan fingerprint density at radius 3 is 2.42 bits per heavy atom. The molecule has 0 unspecified atom stereocenters. The van der Waals surface area contributed by atoms with Gasteiger partial charge in [0.15, 0.2) is 0 Å². The van der Waals surface area contributed by atoms with Gasteiger partial charge in [0.1, 0.15) is 5.54 Å². The van der Waals surface area contributed by atoms with Gasteiger partial charge in [0, 0.05) is 6.54 Å². The summed E-state index contributed by atoms with van der Waals surface area (Å²) in [6.07, 6.45) is 3.65. The van der Waals surface area contributed by atoms with E-state index in [4.69, 9.17) is 0 Å². The van der Waals surface area contributed by atoms with Crippen LogP contribution in [0.5, 0.6) is 0 Å². The molecule has 0 aliphatic carbocycles. The highest BCUT2D eigenvalue weighted by Crippen LogP contribution is 2.39. The largest absolute Gasteiger partial charge is 0.369 e. The molecule has 26 heavy (non-hydrogen) atoms. The number of rotatable bonds is 4. The van der Waals surface area contributed by atoms with Gasteiger partial charge in [-0.25, -0.2) is 0 Å². The number of piperidine rings is 1. The number of nitrogens with one attached hydrogen (secondary N) is 2. The predicted molar refractivity (Wildman–Crippen MR) is 109 cm³/mol. The molecule has 0 atom stereocenters. The van der Waals surface area contributed by atoms with E-state index in [1.165, 1.54) is 5.56 Å². The number of para-hydroxylation sites is 2. The summed E-state index contributed by atoms with van der Waals surface area (Å²) < 4.78 is 0. The van der Waals surface area contributed by atoms with Crippen LogP contribution in [0.2, 0.25) is 0 Å². The van der Waals surface area contributed by atoms with E-state index in [-0.39, 0.29) is 18.3 Å². The summed E-state index contributed by atoms with van der Waals surface area (Å²) in [5, 5.41) is 6.94. The summed E-state index contributed by atoms with van der Waals surface area (Å²) in [4.78, 5) is 15.4. The maximum Gasteiger partial charge on any atom is 0.252 e. The van der Waals surface area contributed by atoms with Crippen LogP contribution in [0.1, 0.15) is 24.8 Å². The molecule has 1 amide bonds. The second-order valence-corrected chi connectivity index (χ2v) is 7.02. The number of hydrogen-bond acceptors (Lipinski definition) is 3. The monoisotopic (exact) mass is 371 g/mol. The first-order valence-corrected chi connectivity index (χ1v) is 9.22. The second kappa shape index (κ2) is 8.11. The van der Waals surface area contributed by atoms with Crippen LogP contribution in [0.3, 0.4) is 0 Å². The van der Waals surface area contributed by atoms with Gasteiger partial charge in [0.2, 0.25) is 0 Å². The molecule has 1 saturated heterocycles. The topological polar surface area (TPSA) is 44.4 Å². The summed E-state index contributed by atoms with van der Waals surface area (Å²) >= 11 is 0.